The third-order valence-corrected chi connectivity index (χ3v) is 3.78. The van der Waals surface area contributed by atoms with Crippen LogP contribution in [0.4, 0.5) is 5.82 Å². The molecule has 0 saturated carbocycles. The van der Waals surface area contributed by atoms with Crippen molar-refractivity contribution in [2.75, 3.05) is 18.5 Å². The maximum atomic E-state index is 5.52. The van der Waals surface area contributed by atoms with Crippen LogP contribution < -0.4 is 10.6 Å². The van der Waals surface area contributed by atoms with Crippen molar-refractivity contribution in [3.63, 3.8) is 0 Å². The van der Waals surface area contributed by atoms with E-state index in [1.54, 1.807) is 11.3 Å². The minimum absolute atomic E-state index is 0.664. The number of nitrogens with two attached hydrogens (primary N) is 1. The average Bonchev–Trinajstić information content (AvgIpc) is 2.76. The first kappa shape index (κ1) is 13.0. The van der Waals surface area contributed by atoms with Crippen LogP contribution in [0.15, 0.2) is 23.8 Å². The van der Waals surface area contributed by atoms with Crippen LogP contribution in [0.1, 0.15) is 16.1 Å². The number of aromatic nitrogens is 2. The number of thiazole rings is 1. The van der Waals surface area contributed by atoms with E-state index >= 15 is 0 Å². The molecule has 0 aromatic carbocycles. The van der Waals surface area contributed by atoms with Gasteiger partial charge in [0, 0.05) is 18.1 Å². The Morgan fingerprint density at radius 3 is 2.72 bits per heavy atom. The van der Waals surface area contributed by atoms with E-state index in [4.69, 9.17) is 5.73 Å². The van der Waals surface area contributed by atoms with Crippen LogP contribution in [0.2, 0.25) is 0 Å². The SMILES string of the molecule is Cc1ncsc1CN(C)c1ccc(CCN)cn1. The number of rotatable bonds is 5. The first-order valence-corrected chi connectivity index (χ1v) is 6.83. The molecule has 0 aliphatic rings. The summed E-state index contributed by atoms with van der Waals surface area (Å²) in [5.74, 6) is 0.976. The standard InChI is InChI=1S/C13H18N4S/c1-10-12(18-9-16-10)8-17(2)13-4-3-11(5-6-14)7-15-13/h3-4,7,9H,5-6,8,14H2,1-2H3. The maximum Gasteiger partial charge on any atom is 0.128 e. The van der Waals surface area contributed by atoms with E-state index in [-0.39, 0.29) is 0 Å². The molecule has 0 spiro atoms. The molecule has 2 aromatic rings. The van der Waals surface area contributed by atoms with Crippen molar-refractivity contribution in [1.29, 1.82) is 0 Å². The van der Waals surface area contributed by atoms with Crippen LogP contribution >= 0.6 is 11.3 Å². The van der Waals surface area contributed by atoms with Gasteiger partial charge in [-0.2, -0.15) is 0 Å². The van der Waals surface area contributed by atoms with Crippen molar-refractivity contribution in [3.8, 4) is 0 Å². The molecule has 5 heteroatoms. The Kier molecular flexibility index (Phi) is 4.28. The minimum Gasteiger partial charge on any atom is -0.354 e. The molecular weight excluding hydrogens is 244 g/mol. The van der Waals surface area contributed by atoms with Gasteiger partial charge in [0.1, 0.15) is 5.82 Å². The predicted molar refractivity (Wildman–Crippen MR) is 76.0 cm³/mol. The van der Waals surface area contributed by atoms with E-state index in [1.807, 2.05) is 31.7 Å². The van der Waals surface area contributed by atoms with Crippen LogP contribution in [-0.4, -0.2) is 23.6 Å². The van der Waals surface area contributed by atoms with Crippen molar-refractivity contribution in [2.45, 2.75) is 19.9 Å². The molecule has 96 valence electrons. The molecule has 0 radical (unpaired) electrons. The fourth-order valence-electron chi connectivity index (χ4n) is 1.73. The first-order chi connectivity index (χ1) is 8.70. The summed E-state index contributed by atoms with van der Waals surface area (Å²) in [4.78, 5) is 12.1. The van der Waals surface area contributed by atoms with Crippen molar-refractivity contribution < 1.29 is 0 Å². The molecule has 0 bridgehead atoms. The molecule has 0 aliphatic carbocycles. The Morgan fingerprint density at radius 2 is 2.17 bits per heavy atom. The summed E-state index contributed by atoms with van der Waals surface area (Å²) in [6.45, 7) is 3.55. The van der Waals surface area contributed by atoms with E-state index in [0.717, 1.165) is 24.5 Å². The molecule has 0 amide bonds. The van der Waals surface area contributed by atoms with Gasteiger partial charge in [-0.25, -0.2) is 9.97 Å². The van der Waals surface area contributed by atoms with E-state index in [1.165, 1.54) is 10.4 Å². The molecule has 2 N–H and O–H groups in total. The fraction of sp³-hybridized carbons (Fsp3) is 0.385. The smallest absolute Gasteiger partial charge is 0.128 e. The summed E-state index contributed by atoms with van der Waals surface area (Å²) < 4.78 is 0. The molecule has 0 atom stereocenters. The molecular formula is C13H18N4S. The van der Waals surface area contributed by atoms with Gasteiger partial charge in [0.15, 0.2) is 0 Å². The number of nitrogens with zero attached hydrogens (tertiary/aromatic N) is 3. The number of aryl methyl sites for hydroxylation is 1. The van der Waals surface area contributed by atoms with Crippen molar-refractivity contribution in [1.82, 2.24) is 9.97 Å². The van der Waals surface area contributed by atoms with Gasteiger partial charge in [-0.1, -0.05) is 6.07 Å². The lowest BCUT2D eigenvalue weighted by atomic mass is 10.2. The Bertz CT molecular complexity index is 492. The molecule has 0 fully saturated rings. The lowest BCUT2D eigenvalue weighted by molar-refractivity contribution is 0.892. The summed E-state index contributed by atoms with van der Waals surface area (Å²) in [7, 11) is 2.05. The molecule has 4 nitrogen and oxygen atoms in total. The largest absolute Gasteiger partial charge is 0.354 e. The monoisotopic (exact) mass is 262 g/mol. The zero-order valence-corrected chi connectivity index (χ0v) is 11.6. The molecule has 2 aromatic heterocycles. The van der Waals surface area contributed by atoms with Gasteiger partial charge in [0.25, 0.3) is 0 Å². The molecule has 0 aliphatic heterocycles. The molecule has 2 rings (SSSR count). The highest BCUT2D eigenvalue weighted by Crippen LogP contribution is 2.18. The van der Waals surface area contributed by atoms with Gasteiger partial charge in [-0.3, -0.25) is 0 Å². The normalized spacial score (nSPS) is 10.6. The van der Waals surface area contributed by atoms with Crippen LogP contribution in [0, 0.1) is 6.92 Å². The summed E-state index contributed by atoms with van der Waals surface area (Å²) >= 11 is 1.69. The molecule has 0 saturated heterocycles. The molecule has 2 heterocycles. The van der Waals surface area contributed by atoms with Crippen LogP contribution in [0.25, 0.3) is 0 Å². The van der Waals surface area contributed by atoms with E-state index in [0.29, 0.717) is 6.54 Å². The minimum atomic E-state index is 0.664. The summed E-state index contributed by atoms with van der Waals surface area (Å²) in [5.41, 5.74) is 9.69. The summed E-state index contributed by atoms with van der Waals surface area (Å²) in [6.07, 6.45) is 2.78. The highest BCUT2D eigenvalue weighted by Gasteiger charge is 2.07. The lowest BCUT2D eigenvalue weighted by Gasteiger charge is -2.17. The second kappa shape index (κ2) is 5.93. The Hall–Kier alpha value is -1.46. The Labute approximate surface area is 111 Å². The fourth-order valence-corrected chi connectivity index (χ4v) is 2.56. The number of anilines is 1. The second-order valence-electron chi connectivity index (χ2n) is 4.28. The van der Waals surface area contributed by atoms with E-state index in [9.17, 15) is 0 Å². The third kappa shape index (κ3) is 3.05. The van der Waals surface area contributed by atoms with Gasteiger partial charge >= 0.3 is 0 Å². The number of hydrogen-bond acceptors (Lipinski definition) is 5. The van der Waals surface area contributed by atoms with Crippen LogP contribution in [0.5, 0.6) is 0 Å². The second-order valence-corrected chi connectivity index (χ2v) is 5.22. The van der Waals surface area contributed by atoms with E-state index in [2.05, 4.69) is 20.9 Å². The van der Waals surface area contributed by atoms with Crippen molar-refractivity contribution in [2.24, 2.45) is 5.73 Å². The predicted octanol–water partition coefficient (Wildman–Crippen LogP) is 1.98. The Morgan fingerprint density at radius 1 is 1.33 bits per heavy atom. The van der Waals surface area contributed by atoms with E-state index < -0.39 is 0 Å². The Balaban J connectivity index is 2.04. The quantitative estimate of drug-likeness (QED) is 0.895. The molecule has 18 heavy (non-hydrogen) atoms. The zero-order chi connectivity index (χ0) is 13.0. The van der Waals surface area contributed by atoms with Gasteiger partial charge in [-0.15, -0.1) is 11.3 Å². The lowest BCUT2D eigenvalue weighted by Crippen LogP contribution is -2.17. The number of hydrogen-bond donors (Lipinski definition) is 1. The van der Waals surface area contributed by atoms with Gasteiger partial charge in [0.05, 0.1) is 17.7 Å². The highest BCUT2D eigenvalue weighted by atomic mass is 32.1. The first-order valence-electron chi connectivity index (χ1n) is 5.96. The van der Waals surface area contributed by atoms with Crippen molar-refractivity contribution in [3.05, 3.63) is 40.0 Å². The van der Waals surface area contributed by atoms with Crippen LogP contribution in [0.3, 0.4) is 0 Å². The highest BCUT2D eigenvalue weighted by molar-refractivity contribution is 7.09. The maximum absolute atomic E-state index is 5.52. The topological polar surface area (TPSA) is 55.0 Å². The van der Waals surface area contributed by atoms with Crippen LogP contribution in [-0.2, 0) is 13.0 Å². The van der Waals surface area contributed by atoms with Crippen molar-refractivity contribution >= 4 is 17.2 Å². The molecule has 0 unspecified atom stereocenters. The summed E-state index contributed by atoms with van der Waals surface area (Å²) in [5, 5.41) is 0. The third-order valence-electron chi connectivity index (χ3n) is 2.86. The van der Waals surface area contributed by atoms with Gasteiger partial charge in [0.2, 0.25) is 0 Å². The average molecular weight is 262 g/mol. The van der Waals surface area contributed by atoms with Gasteiger partial charge < -0.3 is 10.6 Å². The summed E-state index contributed by atoms with van der Waals surface area (Å²) in [6, 6.07) is 4.13. The number of pyridine rings is 1. The van der Waals surface area contributed by atoms with Gasteiger partial charge in [-0.05, 0) is 31.5 Å². The zero-order valence-electron chi connectivity index (χ0n) is 10.8.